The van der Waals surface area contributed by atoms with Crippen LogP contribution in [0.3, 0.4) is 0 Å². The van der Waals surface area contributed by atoms with Crippen molar-refractivity contribution in [2.45, 2.75) is 20.8 Å². The number of carbonyl (C=O) groups is 1. The van der Waals surface area contributed by atoms with Gasteiger partial charge in [0.25, 0.3) is 0 Å². The van der Waals surface area contributed by atoms with Crippen molar-refractivity contribution in [3.63, 3.8) is 0 Å². The molecule has 0 aliphatic carbocycles. The first-order valence-electron chi connectivity index (χ1n) is 3.17. The van der Waals surface area contributed by atoms with Gasteiger partial charge in [0.15, 0.2) is 0 Å². The van der Waals surface area contributed by atoms with E-state index in [0.717, 1.165) is 6.21 Å². The molecule has 0 saturated carbocycles. The van der Waals surface area contributed by atoms with E-state index in [2.05, 4.69) is 9.53 Å². The van der Waals surface area contributed by atoms with E-state index in [0.29, 0.717) is 6.61 Å². The van der Waals surface area contributed by atoms with Crippen molar-refractivity contribution in [2.24, 2.45) is 0 Å². The first kappa shape index (κ1) is 11.6. The summed E-state index contributed by atoms with van der Waals surface area (Å²) in [6, 6.07) is 0. The molecule has 0 unspecified atom stereocenters. The molecule has 0 aromatic carbocycles. The minimum atomic E-state index is -0.567. The van der Waals surface area contributed by atoms with Crippen LogP contribution in [0.2, 0.25) is 0 Å². The van der Waals surface area contributed by atoms with Crippen molar-refractivity contribution >= 4 is 12.2 Å². The molecule has 1 N–H and O–H groups in total. The second kappa shape index (κ2) is 10.8. The van der Waals surface area contributed by atoms with Gasteiger partial charge >= 0.3 is 12.2 Å². The Morgan fingerprint density at radius 2 is 2.20 bits per heavy atom. The van der Waals surface area contributed by atoms with Crippen LogP contribution < -0.4 is 0 Å². The van der Waals surface area contributed by atoms with Crippen LogP contribution >= 0.6 is 0 Å². The second-order valence-electron chi connectivity index (χ2n) is 1.01. The molecule has 0 aliphatic heterocycles. The molecule has 58 valence electrons. The van der Waals surface area contributed by atoms with E-state index in [-0.39, 0.29) is 0 Å². The van der Waals surface area contributed by atoms with Crippen LogP contribution in [-0.2, 0) is 9.53 Å². The fourth-order valence-electron chi connectivity index (χ4n) is 0.232. The third kappa shape index (κ3) is 9.97. The number of hydrogen-bond donors (Lipinski definition) is 1. The number of rotatable bonds is 2. The summed E-state index contributed by atoms with van der Waals surface area (Å²) >= 11 is 0. The molecule has 0 amide bonds. The van der Waals surface area contributed by atoms with Gasteiger partial charge in [-0.15, -0.1) is 0 Å². The number of nitrogens with one attached hydrogen (secondary N) is 1. The molecule has 0 saturated heterocycles. The van der Waals surface area contributed by atoms with Crippen molar-refractivity contribution in [2.75, 3.05) is 6.61 Å². The Bertz CT molecular complexity index is 128. The summed E-state index contributed by atoms with van der Waals surface area (Å²) in [7, 11) is 0. The van der Waals surface area contributed by atoms with Gasteiger partial charge in [-0.25, -0.2) is 4.79 Å². The average Bonchev–Trinajstić information content (AvgIpc) is 1.93. The lowest BCUT2D eigenvalue weighted by molar-refractivity contribution is -0.148. The zero-order valence-electron chi connectivity index (χ0n) is 6.55. The van der Waals surface area contributed by atoms with E-state index in [4.69, 9.17) is 5.53 Å². The molecule has 0 radical (unpaired) electrons. The van der Waals surface area contributed by atoms with Crippen molar-refractivity contribution in [1.82, 2.24) is 0 Å². The Morgan fingerprint density at radius 3 is 2.50 bits per heavy atom. The molecule has 4 heteroatoms. The summed E-state index contributed by atoms with van der Waals surface area (Å²) in [4.78, 5) is 12.9. The van der Waals surface area contributed by atoms with Crippen LogP contribution in [0, 0.1) is 5.53 Å². The first-order valence-corrected chi connectivity index (χ1v) is 3.17. The van der Waals surface area contributed by atoms with Gasteiger partial charge in [0, 0.05) is 0 Å². The first-order chi connectivity index (χ1) is 4.81. The Labute approximate surface area is 60.4 Å². The lowest BCUT2D eigenvalue weighted by Crippen LogP contribution is -2.04. The average molecular weight is 145 g/mol. The van der Waals surface area contributed by atoms with Crippen molar-refractivity contribution < 1.29 is 14.3 Å². The molecule has 0 fully saturated rings. The van der Waals surface area contributed by atoms with Gasteiger partial charge in [-0.2, -0.15) is 0 Å². The van der Waals surface area contributed by atoms with Gasteiger partial charge in [0.1, 0.15) is 0 Å². The highest BCUT2D eigenvalue weighted by Gasteiger charge is 2.00. The topological polar surface area (TPSA) is 64.2 Å². The summed E-state index contributed by atoms with van der Waals surface area (Å²) in [5, 5.41) is 0. The molecule has 4 nitrogen and oxygen atoms in total. The Balaban J connectivity index is 0. The Morgan fingerprint density at radius 1 is 1.70 bits per heavy atom. The fraction of sp³-hybridized carbons (Fsp3) is 0.667. The van der Waals surface area contributed by atoms with Crippen LogP contribution in [0.4, 0.5) is 0 Å². The molecule has 0 aromatic heterocycles. The number of carbonyl (C=O) groups excluding carboxylic acids is 1. The largest absolute Gasteiger partial charge is 0.458 e. The maximum atomic E-state index is 10.2. The third-order valence-electron chi connectivity index (χ3n) is 0.457. The van der Waals surface area contributed by atoms with Crippen molar-refractivity contribution in [1.29, 1.82) is 5.53 Å². The van der Waals surface area contributed by atoms with Gasteiger partial charge in [0.05, 0.1) is 16.9 Å². The van der Waals surface area contributed by atoms with E-state index in [1.54, 1.807) is 6.92 Å². The van der Waals surface area contributed by atoms with Crippen LogP contribution in [-0.4, -0.2) is 23.6 Å². The van der Waals surface area contributed by atoms with Gasteiger partial charge in [-0.05, 0) is 6.92 Å². The molecule has 0 atom stereocenters. The van der Waals surface area contributed by atoms with E-state index >= 15 is 0 Å². The maximum Gasteiger partial charge on any atom is 0.418 e. The van der Waals surface area contributed by atoms with Gasteiger partial charge < -0.3 is 4.74 Å². The highest BCUT2D eigenvalue weighted by atomic mass is 16.5. The molecular formula is C6H13N2O2+. The lowest BCUT2D eigenvalue weighted by Gasteiger charge is -1.86. The van der Waals surface area contributed by atoms with Gasteiger partial charge in [0.2, 0.25) is 0 Å². The lowest BCUT2D eigenvalue weighted by atomic mass is 10.7. The van der Waals surface area contributed by atoms with E-state index in [1.807, 2.05) is 13.8 Å². The molecule has 10 heavy (non-hydrogen) atoms. The molecule has 0 aliphatic rings. The second-order valence-corrected chi connectivity index (χ2v) is 1.01. The summed E-state index contributed by atoms with van der Waals surface area (Å²) in [6.45, 7) is 6.01. The summed E-state index contributed by atoms with van der Waals surface area (Å²) in [5.74, 6) is -0.567. The zero-order chi connectivity index (χ0) is 8.41. The minimum absolute atomic E-state index is 0.324. The molecule has 0 rings (SSSR count). The number of hydrogen-bond acceptors (Lipinski definition) is 3. The van der Waals surface area contributed by atoms with E-state index in [1.165, 1.54) is 0 Å². The molecular weight excluding hydrogens is 132 g/mol. The summed E-state index contributed by atoms with van der Waals surface area (Å²) < 4.78 is 4.37. The summed E-state index contributed by atoms with van der Waals surface area (Å²) in [6.07, 6.45) is 0.809. The van der Waals surface area contributed by atoms with Crippen LogP contribution in [0.5, 0.6) is 0 Å². The predicted octanol–water partition coefficient (Wildman–Crippen LogP) is 0.886. The highest BCUT2D eigenvalue weighted by Crippen LogP contribution is 1.68. The van der Waals surface area contributed by atoms with Crippen LogP contribution in [0.25, 0.3) is 0 Å². The quantitative estimate of drug-likeness (QED) is 0.271. The minimum Gasteiger partial charge on any atom is -0.458 e. The Hall–Kier alpha value is -1.15. The predicted molar refractivity (Wildman–Crippen MR) is 37.0 cm³/mol. The number of ether oxygens (including phenoxy) is 1. The number of esters is 1. The summed E-state index contributed by atoms with van der Waals surface area (Å²) in [5.41, 5.74) is 6.18. The normalized spacial score (nSPS) is 6.30. The van der Waals surface area contributed by atoms with Gasteiger partial charge in [-0.1, -0.05) is 13.8 Å². The Kier molecular flexibility index (Phi) is 12.5. The zero-order valence-corrected chi connectivity index (χ0v) is 6.55. The van der Waals surface area contributed by atoms with Crippen molar-refractivity contribution in [3.05, 3.63) is 0 Å². The fourth-order valence-corrected chi connectivity index (χ4v) is 0.232. The molecule has 0 bridgehead atoms. The highest BCUT2D eigenvalue weighted by molar-refractivity contribution is 6.20. The smallest absolute Gasteiger partial charge is 0.418 e. The van der Waals surface area contributed by atoms with Gasteiger partial charge in [-0.3, -0.25) is 0 Å². The monoisotopic (exact) mass is 145 g/mol. The SMILES string of the molecule is CC.CCOC(=O)C=[N+]=N. The van der Waals surface area contributed by atoms with Crippen molar-refractivity contribution in [3.8, 4) is 0 Å². The molecule has 0 spiro atoms. The van der Waals surface area contributed by atoms with Crippen LogP contribution in [0.15, 0.2) is 0 Å². The van der Waals surface area contributed by atoms with E-state index < -0.39 is 5.97 Å². The third-order valence-corrected chi connectivity index (χ3v) is 0.457. The standard InChI is InChI=1S/C4H7N2O2.C2H6/c1-2-8-4(7)3-6-5;1-2/h3,5H,2H2,1H3;1-2H3/q+1;. The van der Waals surface area contributed by atoms with E-state index in [9.17, 15) is 4.79 Å². The molecule has 0 heterocycles. The molecule has 0 aromatic rings. The maximum absolute atomic E-state index is 10.2. The number of nitrogens with zero attached hydrogens (tertiary/aromatic N) is 1. The van der Waals surface area contributed by atoms with Crippen LogP contribution in [0.1, 0.15) is 20.8 Å².